The molecule has 0 spiro atoms. The fourth-order valence-electron chi connectivity index (χ4n) is 4.61. The summed E-state index contributed by atoms with van der Waals surface area (Å²) in [6, 6.07) is 22.2. The summed E-state index contributed by atoms with van der Waals surface area (Å²) in [5, 5.41) is 9.08. The Hall–Kier alpha value is -3.63. The van der Waals surface area contributed by atoms with Crippen LogP contribution in [0.5, 0.6) is 0 Å². The lowest BCUT2D eigenvalue weighted by molar-refractivity contribution is 0.327. The van der Waals surface area contributed by atoms with E-state index in [1.165, 1.54) is 42.7 Å². The smallest absolute Gasteiger partial charge is 0.131 e. The maximum atomic E-state index is 15.1. The topological polar surface area (TPSA) is 20.2 Å². The molecule has 0 saturated heterocycles. The maximum Gasteiger partial charge on any atom is 0.131 e. The molecule has 4 aromatic carbocycles. The van der Waals surface area contributed by atoms with Crippen LogP contribution in [0.25, 0.3) is 33.4 Å². The molecule has 0 radical (unpaired) electrons. The fourth-order valence-corrected chi connectivity index (χ4v) is 4.61. The fraction of sp³-hybridized carbons (Fsp3) is 0.235. The summed E-state index contributed by atoms with van der Waals surface area (Å²) in [4.78, 5) is 0. The molecule has 0 saturated carbocycles. The van der Waals surface area contributed by atoms with E-state index in [4.69, 9.17) is 5.11 Å². The molecule has 196 valence electrons. The molecule has 4 rings (SSSR count). The molecule has 4 aromatic rings. The summed E-state index contributed by atoms with van der Waals surface area (Å²) in [5.41, 5.74) is 5.31. The van der Waals surface area contributed by atoms with Gasteiger partial charge in [-0.25, -0.2) is 13.2 Å². The number of rotatable bonds is 11. The molecule has 0 aliphatic carbocycles. The highest BCUT2D eigenvalue weighted by molar-refractivity contribution is 5.74. The normalized spacial score (nSPS) is 11.1. The molecular weight excluding hydrogens is 481 g/mol. The summed E-state index contributed by atoms with van der Waals surface area (Å²) < 4.78 is 45.0. The van der Waals surface area contributed by atoms with Gasteiger partial charge in [-0.15, -0.1) is 0 Å². The second-order valence-corrected chi connectivity index (χ2v) is 9.77. The standard InChI is InChI=1S/C34H33F3O/c1-3-4-5-6-24-9-12-26(13-10-24)27-14-17-29(33(36)20-27)28-15-18-31(34(37)21-28)30-16-11-25(19-32(30)35)8-7-23(2)22-38/h9-21,38H,2-8,22H2,1H3. The second-order valence-electron chi connectivity index (χ2n) is 9.77. The van der Waals surface area contributed by atoms with Gasteiger partial charge < -0.3 is 5.11 Å². The van der Waals surface area contributed by atoms with E-state index in [9.17, 15) is 4.39 Å². The quantitative estimate of drug-likeness (QED) is 0.156. The summed E-state index contributed by atoms with van der Waals surface area (Å²) in [6.07, 6.45) is 5.68. The summed E-state index contributed by atoms with van der Waals surface area (Å²) >= 11 is 0. The molecule has 1 nitrogen and oxygen atoms in total. The van der Waals surface area contributed by atoms with Gasteiger partial charge in [-0.1, -0.05) is 92.6 Å². The highest BCUT2D eigenvalue weighted by Crippen LogP contribution is 2.33. The van der Waals surface area contributed by atoms with Crippen molar-refractivity contribution in [1.29, 1.82) is 0 Å². The van der Waals surface area contributed by atoms with Crippen molar-refractivity contribution in [1.82, 2.24) is 0 Å². The lowest BCUT2D eigenvalue weighted by atomic mass is 9.95. The molecule has 4 heteroatoms. The summed E-state index contributed by atoms with van der Waals surface area (Å²) in [6.45, 7) is 5.82. The van der Waals surface area contributed by atoms with Crippen molar-refractivity contribution in [3.63, 3.8) is 0 Å². The first-order valence-corrected chi connectivity index (χ1v) is 13.1. The van der Waals surface area contributed by atoms with E-state index in [-0.39, 0.29) is 23.3 Å². The van der Waals surface area contributed by atoms with E-state index in [1.54, 1.807) is 24.3 Å². The molecule has 0 fully saturated rings. The Morgan fingerprint density at radius 1 is 0.632 bits per heavy atom. The number of aryl methyl sites for hydroxylation is 2. The predicted octanol–water partition coefficient (Wildman–Crippen LogP) is 9.32. The minimum Gasteiger partial charge on any atom is -0.392 e. The van der Waals surface area contributed by atoms with E-state index in [2.05, 4.69) is 25.6 Å². The van der Waals surface area contributed by atoms with Gasteiger partial charge in [0.1, 0.15) is 17.5 Å². The van der Waals surface area contributed by atoms with Gasteiger partial charge in [-0.2, -0.15) is 0 Å². The Bertz CT molecular complexity index is 1410. The van der Waals surface area contributed by atoms with E-state index < -0.39 is 17.5 Å². The van der Waals surface area contributed by atoms with Crippen molar-refractivity contribution in [2.75, 3.05) is 6.61 Å². The predicted molar refractivity (Wildman–Crippen MR) is 150 cm³/mol. The third-order valence-corrected chi connectivity index (χ3v) is 6.92. The van der Waals surface area contributed by atoms with Gasteiger partial charge in [0.05, 0.1) is 6.61 Å². The molecule has 1 N–H and O–H groups in total. The van der Waals surface area contributed by atoms with Crippen molar-refractivity contribution in [2.45, 2.75) is 45.4 Å². The molecule has 0 heterocycles. The highest BCUT2D eigenvalue weighted by atomic mass is 19.1. The molecule has 0 atom stereocenters. The zero-order chi connectivity index (χ0) is 27.1. The van der Waals surface area contributed by atoms with Gasteiger partial charge in [0, 0.05) is 16.7 Å². The molecule has 0 amide bonds. The van der Waals surface area contributed by atoms with Gasteiger partial charge >= 0.3 is 0 Å². The van der Waals surface area contributed by atoms with E-state index in [0.29, 0.717) is 24.0 Å². The molecule has 0 aromatic heterocycles. The zero-order valence-electron chi connectivity index (χ0n) is 21.7. The Morgan fingerprint density at radius 3 is 1.82 bits per heavy atom. The number of hydrogen-bond donors (Lipinski definition) is 1. The van der Waals surface area contributed by atoms with E-state index >= 15 is 8.78 Å². The van der Waals surface area contributed by atoms with Crippen LogP contribution in [0, 0.1) is 17.5 Å². The lowest BCUT2D eigenvalue weighted by Crippen LogP contribution is -1.95. The Morgan fingerprint density at radius 2 is 1.18 bits per heavy atom. The lowest BCUT2D eigenvalue weighted by Gasteiger charge is -2.11. The van der Waals surface area contributed by atoms with Crippen LogP contribution in [0.15, 0.2) is 91.0 Å². The average molecular weight is 515 g/mol. The second kappa shape index (κ2) is 12.7. The van der Waals surface area contributed by atoms with Gasteiger partial charge in [0.2, 0.25) is 0 Å². The SMILES string of the molecule is C=C(CO)CCc1ccc(-c2ccc(-c3ccc(-c4ccc(CCCCC)cc4)cc3F)cc2F)c(F)c1. The first-order valence-electron chi connectivity index (χ1n) is 13.1. The first kappa shape index (κ1) is 27.4. The van der Waals surface area contributed by atoms with Crippen molar-refractivity contribution < 1.29 is 18.3 Å². The van der Waals surface area contributed by atoms with Gasteiger partial charge in [0.15, 0.2) is 0 Å². The van der Waals surface area contributed by atoms with Crippen molar-refractivity contribution >= 4 is 0 Å². The molecule has 0 aliphatic heterocycles. The van der Waals surface area contributed by atoms with Gasteiger partial charge in [-0.3, -0.25) is 0 Å². The van der Waals surface area contributed by atoms with Crippen LogP contribution in [-0.4, -0.2) is 11.7 Å². The Labute approximate surface area is 223 Å². The summed E-state index contributed by atoms with van der Waals surface area (Å²) in [7, 11) is 0. The van der Waals surface area contributed by atoms with E-state index in [0.717, 1.165) is 29.5 Å². The van der Waals surface area contributed by atoms with Crippen molar-refractivity contribution in [3.05, 3.63) is 120 Å². The molecular formula is C34H33F3O. The van der Waals surface area contributed by atoms with Crippen molar-refractivity contribution in [3.8, 4) is 33.4 Å². The third-order valence-electron chi connectivity index (χ3n) is 6.92. The van der Waals surface area contributed by atoms with Crippen LogP contribution in [0.4, 0.5) is 13.2 Å². The number of hydrogen-bond acceptors (Lipinski definition) is 1. The minimum absolute atomic E-state index is 0.103. The van der Waals surface area contributed by atoms with Crippen LogP contribution < -0.4 is 0 Å². The van der Waals surface area contributed by atoms with Crippen LogP contribution in [-0.2, 0) is 12.8 Å². The minimum atomic E-state index is -0.620. The third kappa shape index (κ3) is 6.62. The Balaban J connectivity index is 1.51. The van der Waals surface area contributed by atoms with Crippen LogP contribution in [0.1, 0.15) is 43.7 Å². The number of benzene rings is 4. The molecule has 0 unspecified atom stereocenters. The number of unbranched alkanes of at least 4 members (excludes halogenated alkanes) is 2. The number of halogens is 3. The highest BCUT2D eigenvalue weighted by Gasteiger charge is 2.14. The summed E-state index contributed by atoms with van der Waals surface area (Å²) in [5.74, 6) is -1.60. The molecule has 0 bridgehead atoms. The average Bonchev–Trinajstić information content (AvgIpc) is 2.92. The van der Waals surface area contributed by atoms with Crippen LogP contribution in [0.3, 0.4) is 0 Å². The monoisotopic (exact) mass is 514 g/mol. The Kier molecular flexibility index (Phi) is 9.19. The van der Waals surface area contributed by atoms with Crippen LogP contribution >= 0.6 is 0 Å². The van der Waals surface area contributed by atoms with Crippen molar-refractivity contribution in [2.24, 2.45) is 0 Å². The zero-order valence-corrected chi connectivity index (χ0v) is 21.7. The largest absolute Gasteiger partial charge is 0.392 e. The first-order chi connectivity index (χ1) is 18.4. The van der Waals surface area contributed by atoms with Gasteiger partial charge in [0.25, 0.3) is 0 Å². The van der Waals surface area contributed by atoms with E-state index in [1.807, 2.05) is 18.2 Å². The number of aliphatic hydroxyl groups is 1. The van der Waals surface area contributed by atoms with Crippen LogP contribution in [0.2, 0.25) is 0 Å². The number of aliphatic hydroxyl groups excluding tert-OH is 1. The molecule has 0 aliphatic rings. The maximum absolute atomic E-state index is 15.1. The molecule has 38 heavy (non-hydrogen) atoms. The van der Waals surface area contributed by atoms with Gasteiger partial charge in [-0.05, 0) is 71.7 Å².